The lowest BCUT2D eigenvalue weighted by Crippen LogP contribution is -2.17. The second-order valence-corrected chi connectivity index (χ2v) is 4.02. The van der Waals surface area contributed by atoms with Gasteiger partial charge in [0, 0.05) is 17.4 Å². The summed E-state index contributed by atoms with van der Waals surface area (Å²) < 4.78 is 0. The summed E-state index contributed by atoms with van der Waals surface area (Å²) in [7, 11) is 0. The Balaban J connectivity index is 2.29. The highest BCUT2D eigenvalue weighted by atomic mass is 35.5. The maximum absolute atomic E-state index is 11.6. The van der Waals surface area contributed by atoms with Crippen LogP contribution in [-0.4, -0.2) is 5.78 Å². The molecular formula is C12H12ClO. The van der Waals surface area contributed by atoms with E-state index in [9.17, 15) is 4.79 Å². The summed E-state index contributed by atoms with van der Waals surface area (Å²) in [5.41, 5.74) is 0.982. The minimum Gasteiger partial charge on any atom is -0.299 e. The first-order valence-electron chi connectivity index (χ1n) is 4.90. The van der Waals surface area contributed by atoms with E-state index in [1.54, 1.807) is 6.42 Å². The normalized spacial score (nSPS) is 22.4. The van der Waals surface area contributed by atoms with Crippen molar-refractivity contribution in [1.82, 2.24) is 0 Å². The second kappa shape index (κ2) is 4.14. The zero-order valence-electron chi connectivity index (χ0n) is 7.87. The van der Waals surface area contributed by atoms with E-state index >= 15 is 0 Å². The molecule has 1 aromatic rings. The zero-order chi connectivity index (χ0) is 9.97. The van der Waals surface area contributed by atoms with Crippen molar-refractivity contribution >= 4 is 17.4 Å². The molecule has 1 nitrogen and oxygen atoms in total. The zero-order valence-corrected chi connectivity index (χ0v) is 8.63. The molecule has 0 bridgehead atoms. The maximum atomic E-state index is 11.6. The number of carbonyl (C=O) groups is 1. The van der Waals surface area contributed by atoms with Crippen LogP contribution in [0.1, 0.15) is 30.7 Å². The fraction of sp³-hybridized carbons (Fsp3) is 0.333. The number of Topliss-reactive ketones (excluding diaryl/α,β-unsaturated/α-hetero) is 1. The highest BCUT2D eigenvalue weighted by Crippen LogP contribution is 2.33. The summed E-state index contributed by atoms with van der Waals surface area (Å²) in [5.74, 6) is 0.224. The van der Waals surface area contributed by atoms with E-state index in [-0.39, 0.29) is 11.7 Å². The summed E-state index contributed by atoms with van der Waals surface area (Å²) >= 11 is 6.06. The van der Waals surface area contributed by atoms with Gasteiger partial charge in [-0.2, -0.15) is 0 Å². The van der Waals surface area contributed by atoms with Gasteiger partial charge in [-0.05, 0) is 24.5 Å². The highest BCUT2D eigenvalue weighted by molar-refractivity contribution is 6.31. The maximum Gasteiger partial charge on any atom is 0.144 e. The minimum atomic E-state index is -0.00236. The number of ketones is 1. The van der Waals surface area contributed by atoms with Gasteiger partial charge in [-0.3, -0.25) is 4.79 Å². The monoisotopic (exact) mass is 207 g/mol. The van der Waals surface area contributed by atoms with E-state index in [0.29, 0.717) is 5.02 Å². The van der Waals surface area contributed by atoms with Crippen LogP contribution >= 0.6 is 11.6 Å². The predicted molar refractivity (Wildman–Crippen MR) is 57.4 cm³/mol. The van der Waals surface area contributed by atoms with Gasteiger partial charge in [0.05, 0.1) is 0 Å². The van der Waals surface area contributed by atoms with Gasteiger partial charge >= 0.3 is 0 Å². The largest absolute Gasteiger partial charge is 0.299 e. The molecule has 0 saturated heterocycles. The van der Waals surface area contributed by atoms with Gasteiger partial charge in [0.1, 0.15) is 5.78 Å². The third-order valence-electron chi connectivity index (χ3n) is 2.67. The van der Waals surface area contributed by atoms with Crippen LogP contribution in [0.2, 0.25) is 5.02 Å². The van der Waals surface area contributed by atoms with Crippen LogP contribution in [0.3, 0.4) is 0 Å². The Morgan fingerprint density at radius 2 is 2.07 bits per heavy atom. The van der Waals surface area contributed by atoms with Crippen molar-refractivity contribution in [3.63, 3.8) is 0 Å². The molecule has 1 aromatic carbocycles. The van der Waals surface area contributed by atoms with Crippen molar-refractivity contribution in [1.29, 1.82) is 0 Å². The molecular weight excluding hydrogens is 196 g/mol. The summed E-state index contributed by atoms with van der Waals surface area (Å²) in [4.78, 5) is 11.6. The van der Waals surface area contributed by atoms with Crippen molar-refractivity contribution in [2.45, 2.75) is 25.2 Å². The van der Waals surface area contributed by atoms with Gasteiger partial charge in [0.2, 0.25) is 0 Å². The number of hydrogen-bond acceptors (Lipinski definition) is 1. The Kier molecular flexibility index (Phi) is 2.87. The molecule has 0 amide bonds. The SMILES string of the molecule is O=C1[CH]CCC[C@@H]1c1ccccc1Cl. The number of benzene rings is 1. The fourth-order valence-corrected chi connectivity index (χ4v) is 2.18. The third-order valence-corrected chi connectivity index (χ3v) is 3.01. The molecule has 0 aliphatic heterocycles. The van der Waals surface area contributed by atoms with E-state index in [0.717, 1.165) is 24.8 Å². The Morgan fingerprint density at radius 1 is 1.29 bits per heavy atom. The summed E-state index contributed by atoms with van der Waals surface area (Å²) in [6.07, 6.45) is 4.72. The topological polar surface area (TPSA) is 17.1 Å². The van der Waals surface area contributed by atoms with Crippen LogP contribution in [0.5, 0.6) is 0 Å². The molecule has 1 saturated carbocycles. The molecule has 0 aromatic heterocycles. The van der Waals surface area contributed by atoms with Crippen LogP contribution in [0.25, 0.3) is 0 Å². The van der Waals surface area contributed by atoms with Gasteiger partial charge in [-0.25, -0.2) is 0 Å². The summed E-state index contributed by atoms with van der Waals surface area (Å²) in [5, 5.41) is 0.709. The molecule has 0 heterocycles. The lowest BCUT2D eigenvalue weighted by Gasteiger charge is -2.21. The van der Waals surface area contributed by atoms with Gasteiger partial charge in [-0.15, -0.1) is 0 Å². The van der Waals surface area contributed by atoms with E-state index in [1.807, 2.05) is 24.3 Å². The Labute approximate surface area is 89.1 Å². The Morgan fingerprint density at radius 3 is 2.79 bits per heavy atom. The van der Waals surface area contributed by atoms with Gasteiger partial charge < -0.3 is 0 Å². The average molecular weight is 208 g/mol. The lowest BCUT2D eigenvalue weighted by atomic mass is 9.83. The van der Waals surface area contributed by atoms with E-state index in [1.165, 1.54) is 0 Å². The van der Waals surface area contributed by atoms with Gasteiger partial charge in [0.15, 0.2) is 0 Å². The molecule has 2 heteroatoms. The molecule has 0 unspecified atom stereocenters. The molecule has 0 spiro atoms. The molecule has 1 aliphatic carbocycles. The first-order valence-corrected chi connectivity index (χ1v) is 5.28. The van der Waals surface area contributed by atoms with Crippen molar-refractivity contribution in [3.05, 3.63) is 41.3 Å². The van der Waals surface area contributed by atoms with Crippen LogP contribution in [0, 0.1) is 6.42 Å². The number of hydrogen-bond donors (Lipinski definition) is 0. The number of halogens is 1. The standard InChI is InChI=1S/C12H12ClO/c13-11-7-3-1-5-9(11)10-6-2-4-8-12(10)14/h1,3,5,7-8,10H,2,4,6H2/t10-/m1/s1. The van der Waals surface area contributed by atoms with Crippen LogP contribution in [0.15, 0.2) is 24.3 Å². The molecule has 1 atom stereocenters. The molecule has 2 rings (SSSR count). The summed E-state index contributed by atoms with van der Waals surface area (Å²) in [6, 6.07) is 7.62. The first kappa shape index (κ1) is 9.72. The van der Waals surface area contributed by atoms with Crippen LogP contribution in [-0.2, 0) is 4.79 Å². The van der Waals surface area contributed by atoms with Crippen LogP contribution < -0.4 is 0 Å². The smallest absolute Gasteiger partial charge is 0.144 e. The third kappa shape index (κ3) is 1.83. The number of rotatable bonds is 1. The van der Waals surface area contributed by atoms with Crippen molar-refractivity contribution in [3.8, 4) is 0 Å². The second-order valence-electron chi connectivity index (χ2n) is 3.61. The quantitative estimate of drug-likeness (QED) is 0.690. The molecule has 73 valence electrons. The van der Waals surface area contributed by atoms with Crippen molar-refractivity contribution in [2.75, 3.05) is 0 Å². The molecule has 1 fully saturated rings. The first-order chi connectivity index (χ1) is 6.79. The predicted octanol–water partition coefficient (Wildman–Crippen LogP) is 3.38. The summed E-state index contributed by atoms with van der Waals surface area (Å²) in [6.45, 7) is 0. The average Bonchev–Trinajstić information content (AvgIpc) is 2.20. The van der Waals surface area contributed by atoms with E-state index in [2.05, 4.69) is 0 Å². The van der Waals surface area contributed by atoms with Crippen molar-refractivity contribution < 1.29 is 4.79 Å². The van der Waals surface area contributed by atoms with E-state index < -0.39 is 0 Å². The minimum absolute atomic E-state index is 0.00236. The molecule has 1 radical (unpaired) electrons. The van der Waals surface area contributed by atoms with Gasteiger partial charge in [-0.1, -0.05) is 36.2 Å². The lowest BCUT2D eigenvalue weighted by molar-refractivity contribution is -0.118. The fourth-order valence-electron chi connectivity index (χ4n) is 1.92. The van der Waals surface area contributed by atoms with Crippen LogP contribution in [0.4, 0.5) is 0 Å². The van der Waals surface area contributed by atoms with E-state index in [4.69, 9.17) is 11.6 Å². The van der Waals surface area contributed by atoms with Crippen molar-refractivity contribution in [2.24, 2.45) is 0 Å². The Bertz CT molecular complexity index is 346. The molecule has 1 aliphatic rings. The molecule has 0 N–H and O–H groups in total. The number of carbonyl (C=O) groups excluding carboxylic acids is 1. The highest BCUT2D eigenvalue weighted by Gasteiger charge is 2.25. The Hall–Kier alpha value is -0.820. The molecule has 14 heavy (non-hydrogen) atoms. The van der Waals surface area contributed by atoms with Gasteiger partial charge in [0.25, 0.3) is 0 Å².